The second-order valence-corrected chi connectivity index (χ2v) is 6.53. The molecule has 5 heteroatoms. The molecule has 1 aromatic carbocycles. The molecule has 0 spiro atoms. The average Bonchev–Trinajstić information content (AvgIpc) is 3.14. The molecule has 0 heterocycles. The van der Waals surface area contributed by atoms with E-state index in [1.165, 1.54) is 0 Å². The third-order valence-electron chi connectivity index (χ3n) is 4.44. The zero-order valence-corrected chi connectivity index (χ0v) is 14.2. The zero-order chi connectivity index (χ0) is 17.6. The summed E-state index contributed by atoms with van der Waals surface area (Å²) in [5.74, 6) is 0.245. The molecule has 1 saturated carbocycles. The van der Waals surface area contributed by atoms with E-state index in [-0.39, 0.29) is 30.7 Å². The number of hydrogen-bond acceptors (Lipinski definition) is 4. The highest BCUT2D eigenvalue weighted by Crippen LogP contribution is 2.27. The maximum absolute atomic E-state index is 12.4. The Labute approximate surface area is 142 Å². The van der Waals surface area contributed by atoms with Crippen LogP contribution in [0.1, 0.15) is 49.4 Å². The van der Waals surface area contributed by atoms with E-state index >= 15 is 0 Å². The number of methoxy groups -OCH3 is 1. The van der Waals surface area contributed by atoms with Crippen molar-refractivity contribution in [2.45, 2.75) is 44.6 Å². The number of ketones is 1. The third-order valence-corrected chi connectivity index (χ3v) is 4.44. The quantitative estimate of drug-likeness (QED) is 0.435. The summed E-state index contributed by atoms with van der Waals surface area (Å²) >= 11 is 0. The molecule has 128 valence electrons. The van der Waals surface area contributed by atoms with Gasteiger partial charge >= 0.3 is 5.97 Å². The van der Waals surface area contributed by atoms with Gasteiger partial charge in [-0.3, -0.25) is 9.59 Å². The largest absolute Gasteiger partial charge is 0.497 e. The molecule has 1 fully saturated rings. The second-order valence-electron chi connectivity index (χ2n) is 6.53. The van der Waals surface area contributed by atoms with Crippen molar-refractivity contribution in [1.29, 1.82) is 0 Å². The number of carbonyl (C=O) groups is 2. The SMILES string of the molecule is [C-]#[N+]C(C)(COC(=O)C1CCCC1)CC(=O)c1ccc(OC)cc1. The van der Waals surface area contributed by atoms with E-state index in [4.69, 9.17) is 16.0 Å². The first-order valence-corrected chi connectivity index (χ1v) is 8.20. The van der Waals surface area contributed by atoms with Gasteiger partial charge in [0.1, 0.15) is 5.75 Å². The van der Waals surface area contributed by atoms with Crippen LogP contribution >= 0.6 is 0 Å². The van der Waals surface area contributed by atoms with E-state index in [1.807, 2.05) is 0 Å². The van der Waals surface area contributed by atoms with Crippen LogP contribution in [0.2, 0.25) is 0 Å². The summed E-state index contributed by atoms with van der Waals surface area (Å²) < 4.78 is 10.4. The predicted molar refractivity (Wildman–Crippen MR) is 89.9 cm³/mol. The van der Waals surface area contributed by atoms with Crippen LogP contribution in [0.25, 0.3) is 4.85 Å². The van der Waals surface area contributed by atoms with Crippen LogP contribution < -0.4 is 4.74 Å². The van der Waals surface area contributed by atoms with Crippen molar-refractivity contribution in [1.82, 2.24) is 0 Å². The minimum absolute atomic E-state index is 0.0147. The number of nitrogens with zero attached hydrogens (tertiary/aromatic N) is 1. The molecule has 1 aliphatic rings. The van der Waals surface area contributed by atoms with Crippen LogP contribution in [0.15, 0.2) is 24.3 Å². The van der Waals surface area contributed by atoms with Crippen molar-refractivity contribution in [2.75, 3.05) is 13.7 Å². The molecule has 5 nitrogen and oxygen atoms in total. The summed E-state index contributed by atoms with van der Waals surface area (Å²) in [5, 5.41) is 0. The van der Waals surface area contributed by atoms with Gasteiger partial charge in [-0.2, -0.15) is 0 Å². The monoisotopic (exact) mass is 329 g/mol. The average molecular weight is 329 g/mol. The van der Waals surface area contributed by atoms with Gasteiger partial charge in [-0.05, 0) is 37.1 Å². The third kappa shape index (κ3) is 4.58. The first-order valence-electron chi connectivity index (χ1n) is 8.20. The van der Waals surface area contributed by atoms with Crippen molar-refractivity contribution in [3.05, 3.63) is 41.2 Å². The Morgan fingerprint density at radius 3 is 2.42 bits per heavy atom. The molecular formula is C19H23NO4. The first kappa shape index (κ1) is 18.0. The lowest BCUT2D eigenvalue weighted by Crippen LogP contribution is -2.32. The fraction of sp³-hybridized carbons (Fsp3) is 0.526. The minimum Gasteiger partial charge on any atom is -0.497 e. The molecule has 1 aliphatic carbocycles. The number of hydrogen-bond donors (Lipinski definition) is 0. The highest BCUT2D eigenvalue weighted by molar-refractivity contribution is 5.97. The van der Waals surface area contributed by atoms with Crippen LogP contribution in [0, 0.1) is 12.5 Å². The van der Waals surface area contributed by atoms with Gasteiger partial charge in [0.25, 0.3) is 5.54 Å². The molecule has 0 saturated heterocycles. The summed E-state index contributed by atoms with van der Waals surface area (Å²) in [6, 6.07) is 6.78. The molecule has 0 aromatic heterocycles. The molecule has 1 atom stereocenters. The number of rotatable bonds is 7. The summed E-state index contributed by atoms with van der Waals surface area (Å²) in [6.07, 6.45) is 3.84. The van der Waals surface area contributed by atoms with E-state index in [0.717, 1.165) is 25.7 Å². The molecule has 1 unspecified atom stereocenters. The highest BCUT2D eigenvalue weighted by Gasteiger charge is 2.37. The summed E-state index contributed by atoms with van der Waals surface area (Å²) in [6.45, 7) is 9.00. The van der Waals surface area contributed by atoms with Crippen LogP contribution in [-0.2, 0) is 9.53 Å². The van der Waals surface area contributed by atoms with Crippen LogP contribution in [0.5, 0.6) is 5.75 Å². The molecule has 24 heavy (non-hydrogen) atoms. The Hall–Kier alpha value is -2.35. The fourth-order valence-electron chi connectivity index (χ4n) is 2.85. The normalized spacial score (nSPS) is 16.9. The number of benzene rings is 1. The molecule has 1 aromatic rings. The van der Waals surface area contributed by atoms with Crippen molar-refractivity contribution >= 4 is 11.8 Å². The van der Waals surface area contributed by atoms with E-state index in [0.29, 0.717) is 11.3 Å². The number of ether oxygens (including phenoxy) is 2. The maximum Gasteiger partial charge on any atom is 0.309 e. The number of esters is 1. The smallest absolute Gasteiger partial charge is 0.309 e. The van der Waals surface area contributed by atoms with Crippen molar-refractivity contribution in [3.63, 3.8) is 0 Å². The number of Topliss-reactive ketones (excluding diaryl/α,β-unsaturated/α-hetero) is 1. The van der Waals surface area contributed by atoms with Gasteiger partial charge in [-0.25, -0.2) is 6.57 Å². The highest BCUT2D eigenvalue weighted by atomic mass is 16.5. The molecule has 2 rings (SSSR count). The molecule has 0 radical (unpaired) electrons. The molecule has 0 aliphatic heterocycles. The molecule has 0 bridgehead atoms. The standard InChI is InChI=1S/C19H23NO4/c1-19(20-2,13-24-18(22)15-6-4-5-7-15)12-17(21)14-8-10-16(23-3)11-9-14/h8-11,15H,4-7,12-13H2,1,3H3. The van der Waals surface area contributed by atoms with Crippen molar-refractivity contribution in [3.8, 4) is 5.75 Å². The predicted octanol–water partition coefficient (Wildman–Crippen LogP) is 3.68. The van der Waals surface area contributed by atoms with Gasteiger partial charge in [-0.1, -0.05) is 12.8 Å². The van der Waals surface area contributed by atoms with Crippen molar-refractivity contribution in [2.24, 2.45) is 5.92 Å². The first-order chi connectivity index (χ1) is 11.5. The Bertz CT molecular complexity index is 626. The second kappa shape index (κ2) is 7.96. The summed E-state index contributed by atoms with van der Waals surface area (Å²) in [4.78, 5) is 28.0. The van der Waals surface area contributed by atoms with Gasteiger partial charge in [0.15, 0.2) is 12.4 Å². The van der Waals surface area contributed by atoms with Crippen molar-refractivity contribution < 1.29 is 19.1 Å². The topological polar surface area (TPSA) is 57.0 Å². The summed E-state index contributed by atoms with van der Waals surface area (Å²) in [5.41, 5.74) is -0.515. The summed E-state index contributed by atoms with van der Waals surface area (Å²) in [7, 11) is 1.56. The fourth-order valence-corrected chi connectivity index (χ4v) is 2.85. The van der Waals surface area contributed by atoms with Gasteiger partial charge in [-0.15, -0.1) is 0 Å². The van der Waals surface area contributed by atoms with Crippen LogP contribution in [0.4, 0.5) is 0 Å². The van der Waals surface area contributed by atoms with E-state index < -0.39 is 5.54 Å². The molecule has 0 amide bonds. The van der Waals surface area contributed by atoms with E-state index in [2.05, 4.69) is 4.85 Å². The maximum atomic E-state index is 12.4. The lowest BCUT2D eigenvalue weighted by Gasteiger charge is -2.18. The Morgan fingerprint density at radius 2 is 1.88 bits per heavy atom. The van der Waals surface area contributed by atoms with E-state index in [9.17, 15) is 9.59 Å². The Morgan fingerprint density at radius 1 is 1.25 bits per heavy atom. The molecule has 0 N–H and O–H groups in total. The lowest BCUT2D eigenvalue weighted by molar-refractivity contribution is -0.149. The van der Waals surface area contributed by atoms with Gasteiger partial charge in [0, 0.05) is 12.5 Å². The number of carbonyl (C=O) groups excluding carboxylic acids is 2. The van der Waals surface area contributed by atoms with Gasteiger partial charge in [0.2, 0.25) is 0 Å². The lowest BCUT2D eigenvalue weighted by atomic mass is 9.93. The van der Waals surface area contributed by atoms with Crippen LogP contribution in [-0.4, -0.2) is 31.0 Å². The zero-order valence-electron chi connectivity index (χ0n) is 14.2. The van der Waals surface area contributed by atoms with Gasteiger partial charge < -0.3 is 14.3 Å². The van der Waals surface area contributed by atoms with Crippen LogP contribution in [0.3, 0.4) is 0 Å². The Kier molecular flexibility index (Phi) is 5.97. The van der Waals surface area contributed by atoms with E-state index in [1.54, 1.807) is 38.3 Å². The Balaban J connectivity index is 1.94. The van der Waals surface area contributed by atoms with Gasteiger partial charge in [0.05, 0.1) is 19.4 Å². The minimum atomic E-state index is -1.04. The molecular weight excluding hydrogens is 306 g/mol.